The highest BCUT2D eigenvalue weighted by Gasteiger charge is 2.42. The number of ether oxygens (including phenoxy) is 1. The van der Waals surface area contributed by atoms with Crippen LogP contribution in [0.1, 0.15) is 18.9 Å². The van der Waals surface area contributed by atoms with Crippen molar-refractivity contribution in [2.45, 2.75) is 25.4 Å². The highest BCUT2D eigenvalue weighted by molar-refractivity contribution is 9.10. The second-order valence-corrected chi connectivity index (χ2v) is 5.65. The number of aliphatic hydroxyl groups excluding tert-OH is 1. The Bertz CT molecular complexity index is 434. The largest absolute Gasteiger partial charge is 0.447 e. The summed E-state index contributed by atoms with van der Waals surface area (Å²) in [5.41, 5.74) is 0.625. The van der Waals surface area contributed by atoms with Crippen LogP contribution < -0.4 is 0 Å². The van der Waals surface area contributed by atoms with Crippen molar-refractivity contribution >= 4 is 22.0 Å². The third-order valence-electron chi connectivity index (χ3n) is 3.28. The van der Waals surface area contributed by atoms with E-state index in [0.717, 1.165) is 10.0 Å². The van der Waals surface area contributed by atoms with Crippen molar-refractivity contribution in [3.63, 3.8) is 0 Å². The van der Waals surface area contributed by atoms with E-state index in [1.54, 1.807) is 4.90 Å². The van der Waals surface area contributed by atoms with Gasteiger partial charge < -0.3 is 9.84 Å². The Hall–Kier alpha value is -1.07. The molecule has 2 rings (SSSR count). The summed E-state index contributed by atoms with van der Waals surface area (Å²) < 4.78 is 6.10. The lowest BCUT2D eigenvalue weighted by Crippen LogP contribution is -2.44. The van der Waals surface area contributed by atoms with Crippen LogP contribution in [0.2, 0.25) is 0 Å². The second-order valence-electron chi connectivity index (χ2n) is 4.74. The molecule has 1 saturated heterocycles. The third-order valence-corrected chi connectivity index (χ3v) is 3.81. The van der Waals surface area contributed by atoms with Gasteiger partial charge in [0, 0.05) is 17.6 Å². The van der Waals surface area contributed by atoms with Crippen molar-refractivity contribution in [2.24, 2.45) is 0 Å². The van der Waals surface area contributed by atoms with Gasteiger partial charge in [-0.05, 0) is 31.0 Å². The van der Waals surface area contributed by atoms with E-state index in [2.05, 4.69) is 15.9 Å². The number of rotatable bonds is 4. The number of nitrogens with zero attached hydrogens (tertiary/aromatic N) is 1. The predicted octanol–water partition coefficient (Wildman–Crippen LogP) is 2.54. The summed E-state index contributed by atoms with van der Waals surface area (Å²) in [6.07, 6.45) is 0.212. The van der Waals surface area contributed by atoms with E-state index in [9.17, 15) is 4.79 Å². The first-order valence-electron chi connectivity index (χ1n) is 5.85. The fourth-order valence-electron chi connectivity index (χ4n) is 2.07. The fourth-order valence-corrected chi connectivity index (χ4v) is 2.33. The molecule has 0 bridgehead atoms. The number of carbonyl (C=O) groups excluding carboxylic acids is 1. The molecule has 1 heterocycles. The lowest BCUT2D eigenvalue weighted by Gasteiger charge is -2.31. The molecule has 1 N–H and O–H groups in total. The Labute approximate surface area is 115 Å². The van der Waals surface area contributed by atoms with Crippen LogP contribution >= 0.6 is 15.9 Å². The topological polar surface area (TPSA) is 49.8 Å². The van der Waals surface area contributed by atoms with Gasteiger partial charge in [0.1, 0.15) is 6.61 Å². The van der Waals surface area contributed by atoms with E-state index in [1.165, 1.54) is 0 Å². The molecule has 1 atom stereocenters. The minimum absolute atomic E-state index is 0.0456. The summed E-state index contributed by atoms with van der Waals surface area (Å²) in [5.74, 6) is 0. The maximum Gasteiger partial charge on any atom is 0.410 e. The molecule has 98 valence electrons. The van der Waals surface area contributed by atoms with Crippen LogP contribution in [0.4, 0.5) is 4.79 Å². The Balaban J connectivity index is 2.15. The quantitative estimate of drug-likeness (QED) is 0.929. The van der Waals surface area contributed by atoms with E-state index >= 15 is 0 Å². The molecule has 1 aliphatic rings. The molecule has 0 spiro atoms. The Kier molecular flexibility index (Phi) is 3.92. The van der Waals surface area contributed by atoms with E-state index in [4.69, 9.17) is 9.84 Å². The standard InChI is InChI=1S/C13H16BrNO3/c1-13(6-7-16)9-18-12(17)15(13)8-10-2-4-11(14)5-3-10/h2-5,16H,6-9H2,1H3. The fraction of sp³-hybridized carbons (Fsp3) is 0.462. The summed E-state index contributed by atoms with van der Waals surface area (Å²) >= 11 is 3.38. The molecule has 1 aliphatic heterocycles. The van der Waals surface area contributed by atoms with Crippen molar-refractivity contribution in [3.8, 4) is 0 Å². The third kappa shape index (κ3) is 2.67. The molecule has 18 heavy (non-hydrogen) atoms. The molecule has 1 fully saturated rings. The van der Waals surface area contributed by atoms with Gasteiger partial charge >= 0.3 is 6.09 Å². The van der Waals surface area contributed by atoms with Crippen molar-refractivity contribution in [1.29, 1.82) is 0 Å². The van der Waals surface area contributed by atoms with Crippen LogP contribution in [-0.2, 0) is 11.3 Å². The van der Waals surface area contributed by atoms with Crippen LogP contribution in [0.3, 0.4) is 0 Å². The summed E-state index contributed by atoms with van der Waals surface area (Å²) in [5, 5.41) is 9.10. The number of benzene rings is 1. The summed E-state index contributed by atoms with van der Waals surface area (Å²) in [7, 11) is 0. The number of cyclic esters (lactones) is 1. The lowest BCUT2D eigenvalue weighted by molar-refractivity contribution is 0.131. The van der Waals surface area contributed by atoms with Crippen molar-refractivity contribution in [3.05, 3.63) is 34.3 Å². The molecule has 5 heteroatoms. The molecule has 0 aromatic heterocycles. The highest BCUT2D eigenvalue weighted by Crippen LogP contribution is 2.29. The van der Waals surface area contributed by atoms with Gasteiger partial charge in [-0.15, -0.1) is 0 Å². The summed E-state index contributed by atoms with van der Waals surface area (Å²) in [4.78, 5) is 13.4. The molecule has 0 aliphatic carbocycles. The van der Waals surface area contributed by atoms with Gasteiger partial charge in [-0.1, -0.05) is 28.1 Å². The van der Waals surface area contributed by atoms with Crippen LogP contribution in [0.25, 0.3) is 0 Å². The molecule has 1 amide bonds. The average Bonchev–Trinajstić information content (AvgIpc) is 2.61. The highest BCUT2D eigenvalue weighted by atomic mass is 79.9. The number of hydrogen-bond donors (Lipinski definition) is 1. The number of carbonyl (C=O) groups is 1. The van der Waals surface area contributed by atoms with E-state index in [-0.39, 0.29) is 12.7 Å². The zero-order valence-electron chi connectivity index (χ0n) is 10.2. The van der Waals surface area contributed by atoms with Gasteiger partial charge in [0.05, 0.1) is 5.54 Å². The predicted molar refractivity (Wildman–Crippen MR) is 71.1 cm³/mol. The van der Waals surface area contributed by atoms with E-state index in [0.29, 0.717) is 19.6 Å². The Morgan fingerprint density at radius 2 is 2.11 bits per heavy atom. The number of halogens is 1. The summed E-state index contributed by atoms with van der Waals surface area (Å²) in [6.45, 7) is 2.82. The minimum atomic E-state index is -0.418. The van der Waals surface area contributed by atoms with Crippen LogP contribution in [0.15, 0.2) is 28.7 Å². The van der Waals surface area contributed by atoms with Crippen LogP contribution in [-0.4, -0.2) is 34.9 Å². The first kappa shape index (κ1) is 13.4. The van der Waals surface area contributed by atoms with Crippen molar-refractivity contribution < 1.29 is 14.6 Å². The Morgan fingerprint density at radius 1 is 1.44 bits per heavy atom. The smallest absolute Gasteiger partial charge is 0.410 e. The molecule has 1 aromatic carbocycles. The lowest BCUT2D eigenvalue weighted by atomic mass is 9.97. The zero-order valence-corrected chi connectivity index (χ0v) is 11.8. The average molecular weight is 314 g/mol. The first-order valence-corrected chi connectivity index (χ1v) is 6.64. The van der Waals surface area contributed by atoms with E-state index in [1.807, 2.05) is 31.2 Å². The van der Waals surface area contributed by atoms with Crippen LogP contribution in [0.5, 0.6) is 0 Å². The van der Waals surface area contributed by atoms with Gasteiger partial charge in [0.2, 0.25) is 0 Å². The van der Waals surface area contributed by atoms with Crippen molar-refractivity contribution in [2.75, 3.05) is 13.2 Å². The van der Waals surface area contributed by atoms with Gasteiger partial charge in [-0.3, -0.25) is 4.90 Å². The SMILES string of the molecule is CC1(CCO)COC(=O)N1Cc1ccc(Br)cc1. The first-order chi connectivity index (χ1) is 8.55. The molecule has 0 radical (unpaired) electrons. The number of hydrogen-bond acceptors (Lipinski definition) is 3. The minimum Gasteiger partial charge on any atom is -0.447 e. The van der Waals surface area contributed by atoms with Gasteiger partial charge in [0.25, 0.3) is 0 Å². The number of amides is 1. The van der Waals surface area contributed by atoms with Crippen LogP contribution in [0, 0.1) is 0 Å². The second kappa shape index (κ2) is 5.28. The molecular formula is C13H16BrNO3. The Morgan fingerprint density at radius 3 is 2.72 bits per heavy atom. The maximum atomic E-state index is 11.7. The van der Waals surface area contributed by atoms with Gasteiger partial charge in [0.15, 0.2) is 0 Å². The monoisotopic (exact) mass is 313 g/mol. The molecule has 4 nitrogen and oxygen atoms in total. The van der Waals surface area contributed by atoms with Gasteiger partial charge in [-0.2, -0.15) is 0 Å². The number of aliphatic hydroxyl groups is 1. The molecule has 1 unspecified atom stereocenters. The van der Waals surface area contributed by atoms with Gasteiger partial charge in [-0.25, -0.2) is 4.79 Å². The summed E-state index contributed by atoms with van der Waals surface area (Å²) in [6, 6.07) is 7.82. The van der Waals surface area contributed by atoms with E-state index < -0.39 is 5.54 Å². The maximum absolute atomic E-state index is 11.7. The normalized spacial score (nSPS) is 23.3. The molecule has 0 saturated carbocycles. The zero-order chi connectivity index (χ0) is 13.2. The molecular weight excluding hydrogens is 298 g/mol. The van der Waals surface area contributed by atoms with Crippen molar-refractivity contribution in [1.82, 2.24) is 4.90 Å². The molecule has 1 aromatic rings.